The third kappa shape index (κ3) is 4.52. The lowest BCUT2D eigenvalue weighted by atomic mass is 9.99. The van der Waals surface area contributed by atoms with Crippen LogP contribution in [0.4, 0.5) is 5.82 Å². The molecule has 1 heterocycles. The average Bonchev–Trinajstić information content (AvgIpc) is 2.54. The minimum atomic E-state index is -1.11. The molecule has 1 aromatic carbocycles. The summed E-state index contributed by atoms with van der Waals surface area (Å²) < 4.78 is 0. The number of rotatable bonds is 6. The number of primary amides is 1. The van der Waals surface area contributed by atoms with Crippen LogP contribution >= 0.6 is 0 Å². The van der Waals surface area contributed by atoms with Crippen LogP contribution in [0, 0.1) is 0 Å². The molecular formula is C16H18N4O3. The minimum absolute atomic E-state index is 0.174. The van der Waals surface area contributed by atoms with Crippen LogP contribution in [0.3, 0.4) is 0 Å². The SMILES string of the molecule is NC(=O)c1ccccc1[C@H](O)CC(=O)NCc1ccc(N)nc1. The van der Waals surface area contributed by atoms with Crippen LogP contribution < -0.4 is 16.8 Å². The second kappa shape index (κ2) is 7.37. The summed E-state index contributed by atoms with van der Waals surface area (Å²) in [6.45, 7) is 0.274. The van der Waals surface area contributed by atoms with Crippen LogP contribution in [0.2, 0.25) is 0 Å². The van der Waals surface area contributed by atoms with Gasteiger partial charge in [0.1, 0.15) is 5.82 Å². The van der Waals surface area contributed by atoms with E-state index >= 15 is 0 Å². The number of amides is 2. The van der Waals surface area contributed by atoms with Gasteiger partial charge in [-0.3, -0.25) is 9.59 Å². The molecule has 7 heteroatoms. The first-order valence-electron chi connectivity index (χ1n) is 7.01. The number of aliphatic hydroxyl groups excluding tert-OH is 1. The fourth-order valence-corrected chi connectivity index (χ4v) is 2.11. The highest BCUT2D eigenvalue weighted by Crippen LogP contribution is 2.20. The molecule has 0 aliphatic rings. The van der Waals surface area contributed by atoms with Gasteiger partial charge in [-0.15, -0.1) is 0 Å². The van der Waals surface area contributed by atoms with E-state index in [4.69, 9.17) is 11.5 Å². The van der Waals surface area contributed by atoms with Crippen molar-refractivity contribution in [2.45, 2.75) is 19.1 Å². The summed E-state index contributed by atoms with van der Waals surface area (Å²) >= 11 is 0. The Hall–Kier alpha value is -2.93. The largest absolute Gasteiger partial charge is 0.388 e. The predicted octanol–water partition coefficient (Wildman–Crippen LogP) is 0.503. The number of hydrogen-bond acceptors (Lipinski definition) is 5. The molecule has 0 saturated heterocycles. The van der Waals surface area contributed by atoms with E-state index < -0.39 is 12.0 Å². The molecule has 1 atom stereocenters. The van der Waals surface area contributed by atoms with Crippen LogP contribution in [-0.4, -0.2) is 21.9 Å². The van der Waals surface area contributed by atoms with Crippen LogP contribution in [0.1, 0.15) is 34.0 Å². The fraction of sp³-hybridized carbons (Fsp3) is 0.188. The van der Waals surface area contributed by atoms with E-state index in [0.717, 1.165) is 5.56 Å². The van der Waals surface area contributed by atoms with Crippen LogP contribution in [0.5, 0.6) is 0 Å². The zero-order chi connectivity index (χ0) is 16.8. The number of carbonyl (C=O) groups excluding carboxylic acids is 2. The molecule has 2 aromatic rings. The summed E-state index contributed by atoms with van der Waals surface area (Å²) in [4.78, 5) is 27.2. The second-order valence-electron chi connectivity index (χ2n) is 5.04. The number of aliphatic hydroxyl groups is 1. The van der Waals surface area contributed by atoms with Crippen LogP contribution in [-0.2, 0) is 11.3 Å². The van der Waals surface area contributed by atoms with Crippen molar-refractivity contribution < 1.29 is 14.7 Å². The molecule has 2 amide bonds. The van der Waals surface area contributed by atoms with E-state index in [9.17, 15) is 14.7 Å². The van der Waals surface area contributed by atoms with Gasteiger partial charge >= 0.3 is 0 Å². The number of pyridine rings is 1. The molecule has 120 valence electrons. The molecule has 2 rings (SSSR count). The summed E-state index contributed by atoms with van der Waals surface area (Å²) in [7, 11) is 0. The Kier molecular flexibility index (Phi) is 5.27. The van der Waals surface area contributed by atoms with Crippen molar-refractivity contribution in [3.8, 4) is 0 Å². The quantitative estimate of drug-likeness (QED) is 0.616. The number of benzene rings is 1. The molecule has 0 radical (unpaired) electrons. The predicted molar refractivity (Wildman–Crippen MR) is 85.0 cm³/mol. The lowest BCUT2D eigenvalue weighted by Crippen LogP contribution is -2.25. The van der Waals surface area contributed by atoms with Crippen molar-refractivity contribution in [3.63, 3.8) is 0 Å². The average molecular weight is 314 g/mol. The van der Waals surface area contributed by atoms with Crippen molar-refractivity contribution in [1.29, 1.82) is 0 Å². The molecule has 7 nitrogen and oxygen atoms in total. The van der Waals surface area contributed by atoms with E-state index in [0.29, 0.717) is 11.4 Å². The van der Waals surface area contributed by atoms with Gasteiger partial charge in [0.25, 0.3) is 0 Å². The number of nitrogen functional groups attached to an aromatic ring is 1. The maximum Gasteiger partial charge on any atom is 0.249 e. The number of anilines is 1. The number of carbonyl (C=O) groups is 2. The number of nitrogens with two attached hydrogens (primary N) is 2. The maximum absolute atomic E-state index is 11.9. The molecule has 23 heavy (non-hydrogen) atoms. The lowest BCUT2D eigenvalue weighted by molar-refractivity contribution is -0.123. The van der Waals surface area contributed by atoms with Crippen molar-refractivity contribution in [3.05, 3.63) is 59.3 Å². The Balaban J connectivity index is 1.95. The van der Waals surface area contributed by atoms with E-state index in [1.165, 1.54) is 6.07 Å². The first-order valence-corrected chi connectivity index (χ1v) is 7.01. The van der Waals surface area contributed by atoms with Gasteiger partial charge in [0.2, 0.25) is 11.8 Å². The summed E-state index contributed by atoms with van der Waals surface area (Å²) in [5, 5.41) is 12.8. The highest BCUT2D eigenvalue weighted by atomic mass is 16.3. The van der Waals surface area contributed by atoms with Crippen molar-refractivity contribution >= 4 is 17.6 Å². The van der Waals surface area contributed by atoms with E-state index in [2.05, 4.69) is 10.3 Å². The van der Waals surface area contributed by atoms with E-state index in [1.807, 2.05) is 0 Å². The standard InChI is InChI=1S/C16H18N4O3/c17-14-6-5-10(8-19-14)9-20-15(22)7-13(21)11-3-1-2-4-12(11)16(18)23/h1-6,8,13,21H,7,9H2,(H2,17,19)(H2,18,23)(H,20,22)/t13-/m1/s1. The number of nitrogens with one attached hydrogen (secondary N) is 1. The highest BCUT2D eigenvalue weighted by molar-refractivity contribution is 5.94. The molecule has 0 spiro atoms. The van der Waals surface area contributed by atoms with Gasteiger partial charge in [0.05, 0.1) is 12.5 Å². The molecular weight excluding hydrogens is 296 g/mol. The smallest absolute Gasteiger partial charge is 0.249 e. The Morgan fingerprint density at radius 3 is 2.61 bits per heavy atom. The molecule has 1 aromatic heterocycles. The maximum atomic E-state index is 11.9. The number of aromatic nitrogens is 1. The third-order valence-corrected chi connectivity index (χ3v) is 3.30. The van der Waals surface area contributed by atoms with Crippen LogP contribution in [0.15, 0.2) is 42.6 Å². The Morgan fingerprint density at radius 2 is 1.96 bits per heavy atom. The first-order chi connectivity index (χ1) is 11.0. The first kappa shape index (κ1) is 16.4. The summed E-state index contributed by atoms with van der Waals surface area (Å²) in [6, 6.07) is 9.79. The fourth-order valence-electron chi connectivity index (χ4n) is 2.11. The lowest BCUT2D eigenvalue weighted by Gasteiger charge is -2.14. The molecule has 6 N–H and O–H groups in total. The summed E-state index contributed by atoms with van der Waals surface area (Å²) in [6.07, 6.45) is 0.282. The van der Waals surface area contributed by atoms with Gasteiger partial charge in [-0.1, -0.05) is 24.3 Å². The number of hydrogen-bond donors (Lipinski definition) is 4. The van der Waals surface area contributed by atoms with Gasteiger partial charge in [0.15, 0.2) is 0 Å². The summed E-state index contributed by atoms with van der Waals surface area (Å²) in [5.74, 6) is -0.597. The normalized spacial score (nSPS) is 11.7. The van der Waals surface area contributed by atoms with Gasteiger partial charge in [0, 0.05) is 18.3 Å². The van der Waals surface area contributed by atoms with Crippen molar-refractivity contribution in [2.75, 3.05) is 5.73 Å². The topological polar surface area (TPSA) is 131 Å². The zero-order valence-corrected chi connectivity index (χ0v) is 12.4. The van der Waals surface area contributed by atoms with Gasteiger partial charge < -0.3 is 21.9 Å². The highest BCUT2D eigenvalue weighted by Gasteiger charge is 2.18. The van der Waals surface area contributed by atoms with Crippen molar-refractivity contribution in [1.82, 2.24) is 10.3 Å². The van der Waals surface area contributed by atoms with Gasteiger partial charge in [-0.2, -0.15) is 0 Å². The Bertz CT molecular complexity index is 701. The van der Waals surface area contributed by atoms with E-state index in [-0.39, 0.29) is 24.4 Å². The van der Waals surface area contributed by atoms with E-state index in [1.54, 1.807) is 36.5 Å². The minimum Gasteiger partial charge on any atom is -0.388 e. The molecule has 0 bridgehead atoms. The Morgan fingerprint density at radius 1 is 1.22 bits per heavy atom. The van der Waals surface area contributed by atoms with Gasteiger partial charge in [-0.25, -0.2) is 4.98 Å². The zero-order valence-electron chi connectivity index (χ0n) is 12.4. The molecule has 0 fully saturated rings. The molecule has 0 saturated carbocycles. The molecule has 0 unspecified atom stereocenters. The Labute approximate surface area is 133 Å². The second-order valence-corrected chi connectivity index (χ2v) is 5.04. The number of nitrogens with zero attached hydrogens (tertiary/aromatic N) is 1. The monoisotopic (exact) mass is 314 g/mol. The van der Waals surface area contributed by atoms with Crippen LogP contribution in [0.25, 0.3) is 0 Å². The third-order valence-electron chi connectivity index (χ3n) is 3.30. The molecule has 0 aliphatic heterocycles. The molecule has 0 aliphatic carbocycles. The van der Waals surface area contributed by atoms with Crippen molar-refractivity contribution in [2.24, 2.45) is 5.73 Å². The summed E-state index contributed by atoms with van der Waals surface area (Å²) in [5.41, 5.74) is 12.1. The van der Waals surface area contributed by atoms with Gasteiger partial charge in [-0.05, 0) is 23.3 Å².